The average Bonchev–Trinajstić information content (AvgIpc) is 2.60. The first-order valence-corrected chi connectivity index (χ1v) is 8.23. The highest BCUT2D eigenvalue weighted by atomic mass is 15.1. The van der Waals surface area contributed by atoms with E-state index < -0.39 is 0 Å². The van der Waals surface area contributed by atoms with Crippen molar-refractivity contribution in [1.82, 2.24) is 9.97 Å². The normalized spacial score (nSPS) is 10.4. The molecule has 0 amide bonds. The lowest BCUT2D eigenvalue weighted by molar-refractivity contribution is 0.858. The monoisotopic (exact) mass is 318 g/mol. The summed E-state index contributed by atoms with van der Waals surface area (Å²) < 4.78 is 0. The summed E-state index contributed by atoms with van der Waals surface area (Å²) in [6, 6.07) is 20.7. The predicted molar refractivity (Wildman–Crippen MR) is 99.7 cm³/mol. The van der Waals surface area contributed by atoms with Gasteiger partial charge in [-0.25, -0.2) is 9.97 Å². The maximum atomic E-state index is 4.28. The van der Waals surface area contributed by atoms with E-state index >= 15 is 0 Å². The van der Waals surface area contributed by atoms with Crippen molar-refractivity contribution in [3.05, 3.63) is 78.1 Å². The molecule has 0 fully saturated rings. The van der Waals surface area contributed by atoms with Crippen molar-refractivity contribution in [1.29, 1.82) is 0 Å². The largest absolute Gasteiger partial charge is 0.370 e. The van der Waals surface area contributed by atoms with Crippen LogP contribution < -0.4 is 10.6 Å². The Hall–Kier alpha value is -2.88. The van der Waals surface area contributed by atoms with Crippen LogP contribution in [0, 0.1) is 6.92 Å². The van der Waals surface area contributed by atoms with E-state index in [-0.39, 0.29) is 0 Å². The van der Waals surface area contributed by atoms with Crippen molar-refractivity contribution in [2.24, 2.45) is 0 Å². The van der Waals surface area contributed by atoms with Crippen LogP contribution in [0.25, 0.3) is 0 Å². The fraction of sp³-hybridized carbons (Fsp3) is 0.200. The minimum atomic E-state index is 0.793. The van der Waals surface area contributed by atoms with Crippen molar-refractivity contribution in [3.8, 4) is 0 Å². The topological polar surface area (TPSA) is 49.8 Å². The lowest BCUT2D eigenvalue weighted by Gasteiger charge is -2.09. The SMILES string of the molecule is Cc1cccc(Nc2cc(NCCCc3ccccc3)ncn2)c1. The quantitative estimate of drug-likeness (QED) is 0.626. The number of hydrogen-bond donors (Lipinski definition) is 2. The number of rotatable bonds is 7. The zero-order valence-corrected chi connectivity index (χ0v) is 13.9. The van der Waals surface area contributed by atoms with Gasteiger partial charge in [0.1, 0.15) is 18.0 Å². The second-order valence-electron chi connectivity index (χ2n) is 5.80. The molecule has 4 nitrogen and oxygen atoms in total. The zero-order valence-electron chi connectivity index (χ0n) is 13.9. The Labute approximate surface area is 143 Å². The maximum absolute atomic E-state index is 4.28. The Morgan fingerprint density at radius 1 is 0.875 bits per heavy atom. The van der Waals surface area contributed by atoms with E-state index in [4.69, 9.17) is 0 Å². The number of aryl methyl sites for hydroxylation is 2. The van der Waals surface area contributed by atoms with E-state index in [0.29, 0.717) is 0 Å². The van der Waals surface area contributed by atoms with Crippen LogP contribution in [0.3, 0.4) is 0 Å². The van der Waals surface area contributed by atoms with Crippen molar-refractivity contribution >= 4 is 17.3 Å². The number of benzene rings is 2. The van der Waals surface area contributed by atoms with Crippen LogP contribution in [-0.4, -0.2) is 16.5 Å². The minimum absolute atomic E-state index is 0.793. The number of nitrogens with one attached hydrogen (secondary N) is 2. The molecule has 2 N–H and O–H groups in total. The molecule has 0 aliphatic carbocycles. The van der Waals surface area contributed by atoms with Crippen LogP contribution in [0.1, 0.15) is 17.5 Å². The smallest absolute Gasteiger partial charge is 0.135 e. The molecule has 0 saturated carbocycles. The first-order chi connectivity index (χ1) is 11.8. The highest BCUT2D eigenvalue weighted by Gasteiger charge is 2.00. The lowest BCUT2D eigenvalue weighted by Crippen LogP contribution is -2.05. The molecule has 3 aromatic rings. The zero-order chi connectivity index (χ0) is 16.6. The van der Waals surface area contributed by atoms with Crippen LogP contribution in [0.2, 0.25) is 0 Å². The van der Waals surface area contributed by atoms with Crippen LogP contribution in [0.15, 0.2) is 67.0 Å². The summed E-state index contributed by atoms with van der Waals surface area (Å²) in [7, 11) is 0. The molecule has 0 aliphatic heterocycles. The maximum Gasteiger partial charge on any atom is 0.135 e. The molecule has 0 saturated heterocycles. The Balaban J connectivity index is 1.51. The third kappa shape index (κ3) is 4.81. The minimum Gasteiger partial charge on any atom is -0.370 e. The number of nitrogens with zero attached hydrogens (tertiary/aromatic N) is 2. The van der Waals surface area contributed by atoms with Crippen LogP contribution in [0.5, 0.6) is 0 Å². The molecular formula is C20H22N4. The summed E-state index contributed by atoms with van der Waals surface area (Å²) in [6.07, 6.45) is 3.71. The van der Waals surface area contributed by atoms with Gasteiger partial charge in [-0.3, -0.25) is 0 Å². The van der Waals surface area contributed by atoms with Gasteiger partial charge in [-0.15, -0.1) is 0 Å². The Bertz CT molecular complexity index is 771. The number of hydrogen-bond acceptors (Lipinski definition) is 4. The highest BCUT2D eigenvalue weighted by molar-refractivity contribution is 5.59. The second-order valence-corrected chi connectivity index (χ2v) is 5.80. The second kappa shape index (κ2) is 8.11. The van der Waals surface area contributed by atoms with Crippen molar-refractivity contribution in [2.45, 2.75) is 19.8 Å². The predicted octanol–water partition coefficient (Wildman–Crippen LogP) is 4.57. The molecule has 122 valence electrons. The lowest BCUT2D eigenvalue weighted by atomic mass is 10.1. The summed E-state index contributed by atoms with van der Waals surface area (Å²) in [5.41, 5.74) is 3.61. The van der Waals surface area contributed by atoms with Gasteiger partial charge in [-0.05, 0) is 43.0 Å². The standard InChI is InChI=1S/C20H22N4/c1-16-7-5-11-18(13-16)24-20-14-19(22-15-23-20)21-12-6-10-17-8-3-2-4-9-17/h2-5,7-9,11,13-15H,6,10,12H2,1H3,(H2,21,22,23,24). The van der Waals surface area contributed by atoms with E-state index in [2.05, 4.69) is 63.9 Å². The fourth-order valence-electron chi connectivity index (χ4n) is 2.55. The Morgan fingerprint density at radius 2 is 1.71 bits per heavy atom. The van der Waals surface area contributed by atoms with Gasteiger partial charge in [0, 0.05) is 18.3 Å². The van der Waals surface area contributed by atoms with Gasteiger partial charge in [-0.2, -0.15) is 0 Å². The number of anilines is 3. The molecule has 0 aliphatic rings. The molecule has 2 aromatic carbocycles. The van der Waals surface area contributed by atoms with Crippen LogP contribution in [-0.2, 0) is 6.42 Å². The molecule has 1 heterocycles. The van der Waals surface area contributed by atoms with Gasteiger partial charge in [0.2, 0.25) is 0 Å². The molecule has 0 spiro atoms. The third-order valence-electron chi connectivity index (χ3n) is 3.75. The van der Waals surface area contributed by atoms with E-state index in [1.165, 1.54) is 11.1 Å². The summed E-state index contributed by atoms with van der Waals surface area (Å²) in [6.45, 7) is 2.96. The van der Waals surface area contributed by atoms with E-state index in [1.807, 2.05) is 24.3 Å². The van der Waals surface area contributed by atoms with E-state index in [9.17, 15) is 0 Å². The fourth-order valence-corrected chi connectivity index (χ4v) is 2.55. The average molecular weight is 318 g/mol. The van der Waals surface area contributed by atoms with Crippen LogP contribution >= 0.6 is 0 Å². The van der Waals surface area contributed by atoms with Gasteiger partial charge in [0.05, 0.1) is 0 Å². The van der Waals surface area contributed by atoms with E-state index in [1.54, 1.807) is 6.33 Å². The molecule has 1 aromatic heterocycles. The third-order valence-corrected chi connectivity index (χ3v) is 3.75. The Kier molecular flexibility index (Phi) is 5.40. The highest BCUT2D eigenvalue weighted by Crippen LogP contribution is 2.17. The summed E-state index contributed by atoms with van der Waals surface area (Å²) >= 11 is 0. The van der Waals surface area contributed by atoms with Crippen LogP contribution in [0.4, 0.5) is 17.3 Å². The molecule has 24 heavy (non-hydrogen) atoms. The molecule has 0 unspecified atom stereocenters. The molecule has 0 radical (unpaired) electrons. The van der Waals surface area contributed by atoms with Gasteiger partial charge in [0.15, 0.2) is 0 Å². The van der Waals surface area contributed by atoms with Crippen molar-refractivity contribution in [2.75, 3.05) is 17.2 Å². The summed E-state index contributed by atoms with van der Waals surface area (Å²) in [4.78, 5) is 8.56. The summed E-state index contributed by atoms with van der Waals surface area (Å²) in [5.74, 6) is 1.63. The Morgan fingerprint density at radius 3 is 2.54 bits per heavy atom. The van der Waals surface area contributed by atoms with Gasteiger partial charge in [-0.1, -0.05) is 42.5 Å². The van der Waals surface area contributed by atoms with Crippen molar-refractivity contribution < 1.29 is 0 Å². The van der Waals surface area contributed by atoms with Gasteiger partial charge < -0.3 is 10.6 Å². The van der Waals surface area contributed by atoms with Gasteiger partial charge >= 0.3 is 0 Å². The number of aromatic nitrogens is 2. The van der Waals surface area contributed by atoms with Crippen molar-refractivity contribution in [3.63, 3.8) is 0 Å². The first kappa shape index (κ1) is 16.0. The molecule has 3 rings (SSSR count). The summed E-state index contributed by atoms with van der Waals surface area (Å²) in [5, 5.41) is 6.67. The molecule has 0 bridgehead atoms. The molecule has 0 atom stereocenters. The first-order valence-electron chi connectivity index (χ1n) is 8.23. The molecular weight excluding hydrogens is 296 g/mol. The van der Waals surface area contributed by atoms with E-state index in [0.717, 1.165) is 36.7 Å². The molecule has 4 heteroatoms. The van der Waals surface area contributed by atoms with Gasteiger partial charge in [0.25, 0.3) is 0 Å².